The molecular weight excluding hydrogens is 459 g/mol. The van der Waals surface area contributed by atoms with Crippen LogP contribution in [0.5, 0.6) is 5.75 Å². The van der Waals surface area contributed by atoms with Gasteiger partial charge in [-0.1, -0.05) is 65.7 Å². The predicted octanol–water partition coefficient (Wildman–Crippen LogP) is 4.64. The third kappa shape index (κ3) is 5.42. The normalized spacial score (nSPS) is 15.7. The van der Waals surface area contributed by atoms with Crippen LogP contribution in [-0.4, -0.2) is 49.1 Å². The number of amides is 1. The molecule has 1 fully saturated rings. The van der Waals surface area contributed by atoms with Crippen molar-refractivity contribution in [1.29, 1.82) is 0 Å². The van der Waals surface area contributed by atoms with Crippen molar-refractivity contribution in [2.24, 2.45) is 0 Å². The van der Waals surface area contributed by atoms with Crippen molar-refractivity contribution >= 4 is 34.8 Å². The second-order valence-corrected chi connectivity index (χ2v) is 8.75. The van der Waals surface area contributed by atoms with Crippen LogP contribution >= 0.6 is 23.2 Å². The van der Waals surface area contributed by atoms with Crippen LogP contribution in [0.1, 0.15) is 27.5 Å². The summed E-state index contributed by atoms with van der Waals surface area (Å²) in [6.07, 6.45) is 0. The summed E-state index contributed by atoms with van der Waals surface area (Å²) in [6, 6.07) is 21.6. The van der Waals surface area contributed by atoms with Crippen LogP contribution in [-0.2, 0) is 0 Å². The van der Waals surface area contributed by atoms with Crippen LogP contribution < -0.4 is 15.9 Å². The smallest absolute Gasteiger partial charge is 0.269 e. The summed E-state index contributed by atoms with van der Waals surface area (Å²) in [4.78, 5) is 15.3. The van der Waals surface area contributed by atoms with E-state index in [0.717, 1.165) is 18.1 Å². The van der Waals surface area contributed by atoms with Gasteiger partial charge in [0.2, 0.25) is 0 Å². The van der Waals surface area contributed by atoms with E-state index in [0.29, 0.717) is 35.1 Å². The number of carbonyl (C=O) groups excluding carboxylic acids is 1. The van der Waals surface area contributed by atoms with Crippen molar-refractivity contribution in [2.75, 3.05) is 39.0 Å². The second kappa shape index (κ2) is 10.4. The van der Waals surface area contributed by atoms with E-state index in [9.17, 15) is 4.79 Å². The van der Waals surface area contributed by atoms with Gasteiger partial charge in [0.1, 0.15) is 5.75 Å². The van der Waals surface area contributed by atoms with Gasteiger partial charge in [-0.15, -0.1) is 0 Å². The molecule has 0 radical (unpaired) electrons. The number of rotatable bonds is 6. The maximum absolute atomic E-state index is 12.9. The summed E-state index contributed by atoms with van der Waals surface area (Å²) in [7, 11) is 1.50. The van der Waals surface area contributed by atoms with E-state index >= 15 is 0 Å². The minimum atomic E-state index is -0.278. The zero-order chi connectivity index (χ0) is 23.4. The quantitative estimate of drug-likeness (QED) is 0.498. The Labute approximate surface area is 203 Å². The third-order valence-corrected chi connectivity index (χ3v) is 6.38. The number of benzene rings is 3. The lowest BCUT2D eigenvalue weighted by atomic mass is 9.96. The van der Waals surface area contributed by atoms with Gasteiger partial charge in [0.25, 0.3) is 5.91 Å². The number of carbonyl (C=O) groups is 1. The van der Waals surface area contributed by atoms with Gasteiger partial charge in [0.05, 0.1) is 29.4 Å². The first-order valence-corrected chi connectivity index (χ1v) is 11.4. The SMILES string of the molecule is COc1cc(N)c(Cl)cc1C(=O)NN1CCN(C(c2ccccc2)c2ccc(Cl)cc2)CC1. The number of nitrogens with zero attached hydrogens (tertiary/aromatic N) is 2. The minimum Gasteiger partial charge on any atom is -0.496 e. The molecule has 0 bridgehead atoms. The standard InChI is InChI=1S/C25H26Cl2N4O2/c1-33-23-16-22(28)21(27)15-20(23)25(32)29-31-13-11-30(12-14-31)24(17-5-3-2-4-6-17)18-7-9-19(26)10-8-18/h2-10,15-16,24H,11-14,28H2,1H3,(H,29,32). The van der Waals surface area contributed by atoms with E-state index in [1.807, 2.05) is 23.2 Å². The summed E-state index contributed by atoms with van der Waals surface area (Å²) < 4.78 is 5.31. The van der Waals surface area contributed by atoms with E-state index in [2.05, 4.69) is 46.7 Å². The highest BCUT2D eigenvalue weighted by atomic mass is 35.5. The molecule has 3 aromatic rings. The average molecular weight is 485 g/mol. The monoisotopic (exact) mass is 484 g/mol. The zero-order valence-electron chi connectivity index (χ0n) is 18.3. The molecule has 172 valence electrons. The molecular formula is C25H26Cl2N4O2. The van der Waals surface area contributed by atoms with E-state index in [1.54, 1.807) is 6.07 Å². The number of nitrogens with one attached hydrogen (secondary N) is 1. The summed E-state index contributed by atoms with van der Waals surface area (Å²) in [5.74, 6) is 0.111. The van der Waals surface area contributed by atoms with Gasteiger partial charge in [-0.2, -0.15) is 0 Å². The van der Waals surface area contributed by atoms with Crippen molar-refractivity contribution in [3.8, 4) is 5.75 Å². The first kappa shape index (κ1) is 23.4. The van der Waals surface area contributed by atoms with Gasteiger partial charge in [-0.05, 0) is 29.3 Å². The molecule has 3 aromatic carbocycles. The molecule has 1 aliphatic rings. The number of nitrogens with two attached hydrogens (primary N) is 1. The number of anilines is 1. The maximum Gasteiger partial charge on any atom is 0.269 e. The highest BCUT2D eigenvalue weighted by molar-refractivity contribution is 6.33. The molecule has 3 N–H and O–H groups in total. The Morgan fingerprint density at radius 1 is 0.970 bits per heavy atom. The largest absolute Gasteiger partial charge is 0.496 e. The summed E-state index contributed by atoms with van der Waals surface area (Å²) >= 11 is 12.2. The van der Waals surface area contributed by atoms with E-state index in [1.165, 1.54) is 24.3 Å². The second-order valence-electron chi connectivity index (χ2n) is 7.90. The number of halogens is 2. The number of methoxy groups -OCH3 is 1. The van der Waals surface area contributed by atoms with Crippen LogP contribution in [0.25, 0.3) is 0 Å². The first-order chi connectivity index (χ1) is 16.0. The Morgan fingerprint density at radius 2 is 1.61 bits per heavy atom. The lowest BCUT2D eigenvalue weighted by Crippen LogP contribution is -2.54. The van der Waals surface area contributed by atoms with Crippen LogP contribution in [0, 0.1) is 0 Å². The molecule has 1 saturated heterocycles. The van der Waals surface area contributed by atoms with Crippen molar-refractivity contribution in [3.63, 3.8) is 0 Å². The molecule has 6 nitrogen and oxygen atoms in total. The number of hydrogen-bond acceptors (Lipinski definition) is 5. The summed E-state index contributed by atoms with van der Waals surface area (Å²) in [5, 5.41) is 2.96. The maximum atomic E-state index is 12.9. The predicted molar refractivity (Wildman–Crippen MR) is 133 cm³/mol. The molecule has 1 amide bonds. The van der Waals surface area contributed by atoms with Crippen LogP contribution in [0.4, 0.5) is 5.69 Å². The minimum absolute atomic E-state index is 0.109. The zero-order valence-corrected chi connectivity index (χ0v) is 19.8. The first-order valence-electron chi connectivity index (χ1n) is 10.7. The fourth-order valence-corrected chi connectivity index (χ4v) is 4.40. The van der Waals surface area contributed by atoms with Gasteiger partial charge in [0, 0.05) is 37.3 Å². The lowest BCUT2D eigenvalue weighted by molar-refractivity contribution is 0.0552. The van der Waals surface area contributed by atoms with Gasteiger partial charge in [-0.3, -0.25) is 15.1 Å². The summed E-state index contributed by atoms with van der Waals surface area (Å²) in [6.45, 7) is 2.91. The van der Waals surface area contributed by atoms with Gasteiger partial charge in [0.15, 0.2) is 0 Å². The fraction of sp³-hybridized carbons (Fsp3) is 0.240. The molecule has 33 heavy (non-hydrogen) atoms. The molecule has 0 spiro atoms. The van der Waals surface area contributed by atoms with Crippen molar-refractivity contribution in [3.05, 3.63) is 93.5 Å². The van der Waals surface area contributed by atoms with Crippen LogP contribution in [0.2, 0.25) is 10.0 Å². The van der Waals surface area contributed by atoms with Gasteiger partial charge >= 0.3 is 0 Å². The van der Waals surface area contributed by atoms with Crippen molar-refractivity contribution < 1.29 is 9.53 Å². The Kier molecular flexibility index (Phi) is 7.40. The number of ether oxygens (including phenoxy) is 1. The molecule has 0 saturated carbocycles. The Balaban J connectivity index is 1.46. The van der Waals surface area contributed by atoms with E-state index < -0.39 is 0 Å². The molecule has 4 rings (SSSR count). The molecule has 0 aromatic heterocycles. The Morgan fingerprint density at radius 3 is 2.24 bits per heavy atom. The third-order valence-electron chi connectivity index (χ3n) is 5.80. The van der Waals surface area contributed by atoms with E-state index in [4.69, 9.17) is 33.7 Å². The number of piperazine rings is 1. The molecule has 1 unspecified atom stereocenters. The average Bonchev–Trinajstić information content (AvgIpc) is 2.83. The Bertz CT molecular complexity index is 1100. The number of hydrazine groups is 1. The highest BCUT2D eigenvalue weighted by Crippen LogP contribution is 2.31. The van der Waals surface area contributed by atoms with Gasteiger partial charge in [-0.25, -0.2) is 5.01 Å². The fourth-order valence-electron chi connectivity index (χ4n) is 4.11. The Hall–Kier alpha value is -2.77. The molecule has 1 heterocycles. The number of nitrogen functional groups attached to an aromatic ring is 1. The van der Waals surface area contributed by atoms with Crippen molar-refractivity contribution in [2.45, 2.75) is 6.04 Å². The number of hydrogen-bond donors (Lipinski definition) is 2. The van der Waals surface area contributed by atoms with Gasteiger partial charge < -0.3 is 10.5 Å². The van der Waals surface area contributed by atoms with E-state index in [-0.39, 0.29) is 11.9 Å². The van der Waals surface area contributed by atoms with Crippen LogP contribution in [0.3, 0.4) is 0 Å². The summed E-state index contributed by atoms with van der Waals surface area (Å²) in [5.41, 5.74) is 11.9. The lowest BCUT2D eigenvalue weighted by Gasteiger charge is -2.39. The topological polar surface area (TPSA) is 70.8 Å². The molecule has 8 heteroatoms. The molecule has 0 aliphatic carbocycles. The molecule has 1 atom stereocenters. The highest BCUT2D eigenvalue weighted by Gasteiger charge is 2.27. The van der Waals surface area contributed by atoms with Crippen LogP contribution in [0.15, 0.2) is 66.7 Å². The van der Waals surface area contributed by atoms with Crippen molar-refractivity contribution in [1.82, 2.24) is 15.3 Å². The molecule has 1 aliphatic heterocycles.